The molecule has 0 aromatic heterocycles. The SMILES string of the molecule is CCCCCCC[N+](CCCCCC)(CCCCCC)CCCCCCC.[OH-]. The fourth-order valence-electron chi connectivity index (χ4n) is 4.52. The van der Waals surface area contributed by atoms with Gasteiger partial charge >= 0.3 is 0 Å². The van der Waals surface area contributed by atoms with Crippen molar-refractivity contribution in [2.45, 2.75) is 143 Å². The van der Waals surface area contributed by atoms with Gasteiger partial charge in [-0.1, -0.05) is 91.9 Å². The standard InChI is InChI=1S/C26H56N.H2O/c1-5-9-13-17-21-25-27(23-19-15-11-7-3,24-20-16-12-8-4)26-22-18-14-10-6-2;/h5-26H2,1-4H3;1H2/q+1;/p-1. The molecule has 0 heterocycles. The molecule has 2 nitrogen and oxygen atoms in total. The van der Waals surface area contributed by atoms with E-state index in [1.807, 2.05) is 0 Å². The summed E-state index contributed by atoms with van der Waals surface area (Å²) in [5.74, 6) is 0. The summed E-state index contributed by atoms with van der Waals surface area (Å²) in [7, 11) is 0. The van der Waals surface area contributed by atoms with Crippen molar-refractivity contribution in [3.05, 3.63) is 0 Å². The zero-order valence-corrected chi connectivity index (χ0v) is 20.5. The Balaban J connectivity index is 0. The van der Waals surface area contributed by atoms with Crippen LogP contribution in [0.2, 0.25) is 0 Å². The maximum absolute atomic E-state index is 2.34. The van der Waals surface area contributed by atoms with Crippen LogP contribution in [0, 0.1) is 0 Å². The molecule has 0 aliphatic carbocycles. The molecule has 0 aromatic rings. The van der Waals surface area contributed by atoms with E-state index >= 15 is 0 Å². The molecule has 0 radical (unpaired) electrons. The van der Waals surface area contributed by atoms with Gasteiger partial charge in [0, 0.05) is 0 Å². The minimum absolute atomic E-state index is 0. The minimum Gasteiger partial charge on any atom is -0.870 e. The van der Waals surface area contributed by atoms with Crippen molar-refractivity contribution in [3.8, 4) is 0 Å². The Morgan fingerprint density at radius 3 is 0.786 bits per heavy atom. The summed E-state index contributed by atoms with van der Waals surface area (Å²) < 4.78 is 1.46. The second kappa shape index (κ2) is 23.2. The third kappa shape index (κ3) is 18.0. The van der Waals surface area contributed by atoms with Crippen molar-refractivity contribution in [1.82, 2.24) is 0 Å². The van der Waals surface area contributed by atoms with Crippen LogP contribution in [0.5, 0.6) is 0 Å². The molecule has 0 bridgehead atoms. The van der Waals surface area contributed by atoms with Gasteiger partial charge in [0.1, 0.15) is 0 Å². The zero-order chi connectivity index (χ0) is 20.1. The highest BCUT2D eigenvalue weighted by Crippen LogP contribution is 2.19. The smallest absolute Gasteiger partial charge is 0.0786 e. The van der Waals surface area contributed by atoms with Gasteiger partial charge in [-0.05, 0) is 51.4 Å². The van der Waals surface area contributed by atoms with Crippen LogP contribution in [0.15, 0.2) is 0 Å². The van der Waals surface area contributed by atoms with E-state index in [9.17, 15) is 0 Å². The summed E-state index contributed by atoms with van der Waals surface area (Å²) in [4.78, 5) is 0. The fraction of sp³-hybridized carbons (Fsp3) is 1.00. The molecule has 0 saturated heterocycles. The molecule has 0 aliphatic heterocycles. The van der Waals surface area contributed by atoms with Crippen molar-refractivity contribution in [3.63, 3.8) is 0 Å². The molecule has 1 N–H and O–H groups in total. The second-order valence-corrected chi connectivity index (χ2v) is 9.19. The van der Waals surface area contributed by atoms with Crippen molar-refractivity contribution in [2.75, 3.05) is 26.2 Å². The van der Waals surface area contributed by atoms with Crippen LogP contribution in [0.4, 0.5) is 0 Å². The van der Waals surface area contributed by atoms with Gasteiger partial charge in [-0.25, -0.2) is 0 Å². The molecule has 28 heavy (non-hydrogen) atoms. The van der Waals surface area contributed by atoms with E-state index in [2.05, 4.69) is 27.7 Å². The lowest BCUT2D eigenvalue weighted by molar-refractivity contribution is -0.929. The van der Waals surface area contributed by atoms with E-state index in [1.54, 1.807) is 0 Å². The predicted molar refractivity (Wildman–Crippen MR) is 127 cm³/mol. The molecule has 0 amide bonds. The summed E-state index contributed by atoms with van der Waals surface area (Å²) >= 11 is 0. The average Bonchev–Trinajstić information content (AvgIpc) is 2.68. The first-order valence-electron chi connectivity index (χ1n) is 13.1. The third-order valence-electron chi connectivity index (χ3n) is 6.44. The monoisotopic (exact) mass is 399 g/mol. The van der Waals surface area contributed by atoms with Crippen LogP contribution in [0.1, 0.15) is 143 Å². The van der Waals surface area contributed by atoms with E-state index < -0.39 is 0 Å². The average molecular weight is 400 g/mol. The van der Waals surface area contributed by atoms with Crippen molar-refractivity contribution in [1.29, 1.82) is 0 Å². The van der Waals surface area contributed by atoms with Gasteiger partial charge in [0.2, 0.25) is 0 Å². The molecule has 0 fully saturated rings. The second-order valence-electron chi connectivity index (χ2n) is 9.19. The van der Waals surface area contributed by atoms with E-state index in [0.29, 0.717) is 0 Å². The molecule has 2 heteroatoms. The van der Waals surface area contributed by atoms with E-state index in [-0.39, 0.29) is 5.48 Å². The summed E-state index contributed by atoms with van der Waals surface area (Å²) in [5, 5.41) is 0. The lowest BCUT2D eigenvalue weighted by atomic mass is 10.1. The Morgan fingerprint density at radius 2 is 0.536 bits per heavy atom. The van der Waals surface area contributed by atoms with Gasteiger partial charge in [-0.2, -0.15) is 0 Å². The highest BCUT2D eigenvalue weighted by molar-refractivity contribution is 4.53. The molecule has 0 rings (SSSR count). The van der Waals surface area contributed by atoms with E-state index in [4.69, 9.17) is 0 Å². The van der Waals surface area contributed by atoms with E-state index in [0.717, 1.165) is 0 Å². The van der Waals surface area contributed by atoms with Crippen molar-refractivity contribution in [2.24, 2.45) is 0 Å². The number of hydrogen-bond acceptors (Lipinski definition) is 1. The van der Waals surface area contributed by atoms with Crippen LogP contribution in [0.25, 0.3) is 0 Å². The quantitative estimate of drug-likeness (QED) is 0.132. The summed E-state index contributed by atoms with van der Waals surface area (Å²) in [6, 6.07) is 0. The lowest BCUT2D eigenvalue weighted by Crippen LogP contribution is -2.50. The maximum atomic E-state index is 2.34. The molecule has 0 aliphatic rings. The lowest BCUT2D eigenvalue weighted by Gasteiger charge is -2.39. The molecule has 0 aromatic carbocycles. The third-order valence-corrected chi connectivity index (χ3v) is 6.44. The first-order chi connectivity index (χ1) is 13.2. The molecule has 172 valence electrons. The maximum Gasteiger partial charge on any atom is 0.0786 e. The number of rotatable bonds is 22. The van der Waals surface area contributed by atoms with Gasteiger partial charge in [-0.15, -0.1) is 0 Å². The molecule has 0 atom stereocenters. The van der Waals surface area contributed by atoms with Crippen LogP contribution in [-0.4, -0.2) is 36.1 Å². The largest absolute Gasteiger partial charge is 0.870 e. The van der Waals surface area contributed by atoms with Gasteiger partial charge < -0.3 is 9.96 Å². The molecule has 0 unspecified atom stereocenters. The van der Waals surface area contributed by atoms with Gasteiger partial charge in [-0.3, -0.25) is 0 Å². The fourth-order valence-corrected chi connectivity index (χ4v) is 4.52. The van der Waals surface area contributed by atoms with Crippen LogP contribution >= 0.6 is 0 Å². The molecule has 0 spiro atoms. The zero-order valence-electron chi connectivity index (χ0n) is 20.5. The Bertz CT molecular complexity index is 252. The number of hydrogen-bond donors (Lipinski definition) is 0. The number of nitrogens with zero attached hydrogens (tertiary/aromatic N) is 1. The van der Waals surface area contributed by atoms with Crippen LogP contribution in [0.3, 0.4) is 0 Å². The highest BCUT2D eigenvalue weighted by atomic mass is 16.0. The predicted octanol–water partition coefficient (Wildman–Crippen LogP) is 8.73. The number of quaternary nitrogens is 1. The first-order valence-corrected chi connectivity index (χ1v) is 13.1. The molecular weight excluding hydrogens is 342 g/mol. The van der Waals surface area contributed by atoms with Gasteiger partial charge in [0.15, 0.2) is 0 Å². The molecular formula is C26H57NO. The van der Waals surface area contributed by atoms with E-state index in [1.165, 1.54) is 146 Å². The van der Waals surface area contributed by atoms with Crippen molar-refractivity contribution < 1.29 is 9.96 Å². The van der Waals surface area contributed by atoms with Crippen LogP contribution < -0.4 is 0 Å². The Hall–Kier alpha value is -0.0800. The summed E-state index contributed by atoms with van der Waals surface area (Å²) in [6.07, 6.45) is 25.8. The topological polar surface area (TPSA) is 30.0 Å². The Kier molecular flexibility index (Phi) is 25.0. The summed E-state index contributed by atoms with van der Waals surface area (Å²) in [6.45, 7) is 15.2. The highest BCUT2D eigenvalue weighted by Gasteiger charge is 2.25. The van der Waals surface area contributed by atoms with Crippen molar-refractivity contribution >= 4 is 0 Å². The minimum atomic E-state index is 0. The Morgan fingerprint density at radius 1 is 0.321 bits per heavy atom. The first kappa shape index (κ1) is 30.1. The summed E-state index contributed by atoms with van der Waals surface area (Å²) in [5.41, 5.74) is 0. The van der Waals surface area contributed by atoms with Gasteiger partial charge in [0.25, 0.3) is 0 Å². The Labute approximate surface area is 179 Å². The van der Waals surface area contributed by atoms with Gasteiger partial charge in [0.05, 0.1) is 26.2 Å². The normalized spacial score (nSPS) is 11.6. The molecule has 0 saturated carbocycles. The van der Waals surface area contributed by atoms with Crippen LogP contribution in [-0.2, 0) is 0 Å². The number of unbranched alkanes of at least 4 members (excludes halogenated alkanes) is 14.